The van der Waals surface area contributed by atoms with Crippen molar-refractivity contribution in [2.75, 3.05) is 13.7 Å². The summed E-state index contributed by atoms with van der Waals surface area (Å²) in [7, 11) is 3.69. The summed E-state index contributed by atoms with van der Waals surface area (Å²) in [6.07, 6.45) is 5.64. The summed E-state index contributed by atoms with van der Waals surface area (Å²) in [6, 6.07) is 19.3. The van der Waals surface area contributed by atoms with Gasteiger partial charge in [0.2, 0.25) is 0 Å². The van der Waals surface area contributed by atoms with E-state index in [2.05, 4.69) is 51.6 Å². The van der Waals surface area contributed by atoms with Gasteiger partial charge in [0.1, 0.15) is 17.0 Å². The van der Waals surface area contributed by atoms with Gasteiger partial charge in [-0.15, -0.1) is 0 Å². The zero-order valence-electron chi connectivity index (χ0n) is 25.8. The number of fused-ring (bicyclic) bond motifs is 5. The van der Waals surface area contributed by atoms with Gasteiger partial charge >= 0.3 is 0 Å². The summed E-state index contributed by atoms with van der Waals surface area (Å²) in [5.41, 5.74) is 15.5. The lowest BCUT2D eigenvalue weighted by Gasteiger charge is -2.27. The quantitative estimate of drug-likeness (QED) is 0.278. The number of ketones is 1. The molecule has 2 saturated carbocycles. The highest BCUT2D eigenvalue weighted by atomic mass is 16.5. The number of amides is 1. The second-order valence-electron chi connectivity index (χ2n) is 13.7. The molecule has 2 unspecified atom stereocenters. The highest BCUT2D eigenvalue weighted by Gasteiger charge is 2.47. The molecule has 0 radical (unpaired) electrons. The molecule has 2 N–H and O–H groups in total. The second-order valence-corrected chi connectivity index (χ2v) is 13.7. The third-order valence-corrected chi connectivity index (χ3v) is 10.9. The first-order chi connectivity index (χ1) is 21.9. The Morgan fingerprint density at radius 3 is 2.53 bits per heavy atom. The Kier molecular flexibility index (Phi) is 5.85. The van der Waals surface area contributed by atoms with E-state index in [1.165, 1.54) is 23.7 Å². The van der Waals surface area contributed by atoms with Crippen LogP contribution in [0.2, 0.25) is 0 Å². The van der Waals surface area contributed by atoms with Gasteiger partial charge in [-0.25, -0.2) is 4.98 Å². The molecule has 3 heterocycles. The van der Waals surface area contributed by atoms with Gasteiger partial charge in [-0.2, -0.15) is 0 Å². The van der Waals surface area contributed by atoms with E-state index in [1.54, 1.807) is 7.11 Å². The van der Waals surface area contributed by atoms with Crippen LogP contribution in [0, 0.1) is 11.8 Å². The van der Waals surface area contributed by atoms with E-state index in [-0.39, 0.29) is 18.0 Å². The average molecular weight is 600 g/mol. The molecule has 3 fully saturated rings. The van der Waals surface area contributed by atoms with Crippen LogP contribution in [0.5, 0.6) is 5.75 Å². The number of ether oxygens (including phenoxy) is 1. The fourth-order valence-electron chi connectivity index (χ4n) is 8.27. The number of carbonyl (C=O) groups is 2. The molecular formula is C37H37N5O3. The number of imidazole rings is 1. The fourth-order valence-corrected chi connectivity index (χ4v) is 8.27. The van der Waals surface area contributed by atoms with Gasteiger partial charge in [0.05, 0.1) is 18.3 Å². The van der Waals surface area contributed by atoms with Gasteiger partial charge in [-0.05, 0) is 84.0 Å². The zero-order valence-corrected chi connectivity index (χ0v) is 25.8. The number of aryl methyl sites for hydroxylation is 1. The average Bonchev–Trinajstić information content (AvgIpc) is 3.26. The second kappa shape index (κ2) is 9.78. The van der Waals surface area contributed by atoms with E-state index < -0.39 is 0 Å². The van der Waals surface area contributed by atoms with Crippen molar-refractivity contribution in [2.24, 2.45) is 24.6 Å². The molecule has 45 heavy (non-hydrogen) atoms. The highest BCUT2D eigenvalue weighted by Crippen LogP contribution is 2.41. The minimum Gasteiger partial charge on any atom is -0.494 e. The number of rotatable bonds is 6. The first-order valence-electron chi connectivity index (χ1n) is 16.2. The van der Waals surface area contributed by atoms with Gasteiger partial charge in [0.25, 0.3) is 5.91 Å². The molecule has 2 bridgehead atoms. The largest absolute Gasteiger partial charge is 0.494 e. The molecule has 3 atom stereocenters. The van der Waals surface area contributed by atoms with Gasteiger partial charge in [-0.3, -0.25) is 9.59 Å². The Labute approximate surface area is 261 Å². The molecule has 1 amide bonds. The van der Waals surface area contributed by atoms with E-state index >= 15 is 0 Å². The Morgan fingerprint density at radius 2 is 1.78 bits per heavy atom. The molecular weight excluding hydrogens is 562 g/mol. The Hall–Kier alpha value is -4.43. The van der Waals surface area contributed by atoms with Crippen LogP contribution in [-0.4, -0.2) is 56.4 Å². The number of benzene rings is 3. The lowest BCUT2D eigenvalue weighted by atomic mass is 10.00. The molecule has 8 heteroatoms. The monoisotopic (exact) mass is 599 g/mol. The number of aromatic nitrogens is 3. The maximum atomic E-state index is 13.7. The predicted molar refractivity (Wildman–Crippen MR) is 174 cm³/mol. The van der Waals surface area contributed by atoms with Gasteiger partial charge in [0, 0.05) is 61.5 Å². The van der Waals surface area contributed by atoms with E-state index in [1.807, 2.05) is 24.1 Å². The van der Waals surface area contributed by atoms with Crippen LogP contribution in [0.1, 0.15) is 47.2 Å². The number of Topliss-reactive ketones (excluding diaryl/α,β-unsaturated/α-hetero) is 1. The molecule has 9 rings (SSSR count). The van der Waals surface area contributed by atoms with Gasteiger partial charge in [-0.1, -0.05) is 30.3 Å². The fraction of sp³-hybridized carbons (Fsp3) is 0.378. The van der Waals surface area contributed by atoms with Gasteiger partial charge < -0.3 is 24.5 Å². The van der Waals surface area contributed by atoms with Crippen molar-refractivity contribution in [1.82, 2.24) is 19.0 Å². The Morgan fingerprint density at radius 1 is 0.978 bits per heavy atom. The molecule has 3 aliphatic carbocycles. The van der Waals surface area contributed by atoms with Crippen molar-refractivity contribution in [3.05, 3.63) is 71.3 Å². The van der Waals surface area contributed by atoms with Crippen molar-refractivity contribution in [1.29, 1.82) is 0 Å². The summed E-state index contributed by atoms with van der Waals surface area (Å²) < 4.78 is 10.4. The summed E-state index contributed by atoms with van der Waals surface area (Å²) in [5.74, 6) is 2.86. The number of likely N-dealkylation sites (tertiary alicyclic amines) is 1. The van der Waals surface area contributed by atoms with Crippen molar-refractivity contribution < 1.29 is 14.3 Å². The number of nitrogens with zero attached hydrogens (tertiary/aromatic N) is 4. The van der Waals surface area contributed by atoms with Crippen molar-refractivity contribution in [3.8, 4) is 28.4 Å². The molecule has 1 saturated heterocycles. The highest BCUT2D eigenvalue weighted by molar-refractivity contribution is 6.01. The number of carbonyl (C=O) groups excluding carboxylic acids is 2. The maximum Gasteiger partial charge on any atom is 0.254 e. The summed E-state index contributed by atoms with van der Waals surface area (Å²) in [5, 5.41) is 1.17. The number of methoxy groups -OCH3 is 1. The summed E-state index contributed by atoms with van der Waals surface area (Å²) in [6.45, 7) is 1.66. The number of hydrogen-bond acceptors (Lipinski definition) is 5. The molecule has 2 aromatic heterocycles. The lowest BCUT2D eigenvalue weighted by Crippen LogP contribution is -2.41. The molecule has 8 nitrogen and oxygen atoms in total. The van der Waals surface area contributed by atoms with E-state index in [4.69, 9.17) is 15.5 Å². The Balaban J connectivity index is 1.14. The van der Waals surface area contributed by atoms with Crippen molar-refractivity contribution in [2.45, 2.75) is 57.2 Å². The first-order valence-corrected chi connectivity index (χ1v) is 16.2. The molecule has 0 spiro atoms. The minimum absolute atomic E-state index is 0.0105. The zero-order chi connectivity index (χ0) is 30.6. The molecule has 5 aromatic rings. The van der Waals surface area contributed by atoms with Crippen LogP contribution in [0.3, 0.4) is 0 Å². The first kappa shape index (κ1) is 26.9. The van der Waals surface area contributed by atoms with Crippen LogP contribution in [-0.2, 0) is 31.2 Å². The normalized spacial score (nSPS) is 22.2. The van der Waals surface area contributed by atoms with Crippen LogP contribution < -0.4 is 10.5 Å². The molecule has 3 aromatic carbocycles. The summed E-state index contributed by atoms with van der Waals surface area (Å²) in [4.78, 5) is 32.9. The molecule has 1 aliphatic heterocycles. The minimum atomic E-state index is 0.0105. The lowest BCUT2D eigenvalue weighted by molar-refractivity contribution is -0.117. The SMILES string of the molecule is COc1cc(C(=O)N2CC3CCC2[C@@H]3N)cc2nc(-c3cc4ccc(-c5ccc6c(c5)CC(=O)C6)cc4n3CC3CC3)n(C)c12. The number of piperidine rings is 1. The predicted octanol–water partition coefficient (Wildman–Crippen LogP) is 5.51. The third-order valence-electron chi connectivity index (χ3n) is 10.9. The van der Waals surface area contributed by atoms with E-state index in [0.717, 1.165) is 70.7 Å². The number of hydrogen-bond donors (Lipinski definition) is 1. The van der Waals surface area contributed by atoms with Crippen molar-refractivity contribution >= 4 is 33.6 Å². The van der Waals surface area contributed by atoms with Crippen LogP contribution in [0.15, 0.2) is 54.6 Å². The smallest absolute Gasteiger partial charge is 0.254 e. The molecule has 228 valence electrons. The van der Waals surface area contributed by atoms with Gasteiger partial charge in [0.15, 0.2) is 5.82 Å². The standard InChI is InChI=1S/C37H37N5O3/c1-40-35-29(14-27(17-33(35)45-2)37(44)42-19-25-9-10-30(42)34(25)38)39-36(40)32-16-24-8-7-23(15-31(24)41(32)18-20-3-4-20)21-5-6-22-12-28(43)13-26(22)11-21/h5-8,11,14-17,20,25,30,34H,3-4,9-10,12-13,18-19,38H2,1-2H3/t25?,30?,34-/m1/s1. The van der Waals surface area contributed by atoms with E-state index in [9.17, 15) is 9.59 Å². The van der Waals surface area contributed by atoms with Crippen LogP contribution in [0.4, 0.5) is 0 Å². The maximum absolute atomic E-state index is 13.7. The topological polar surface area (TPSA) is 95.4 Å². The van der Waals surface area contributed by atoms with E-state index in [0.29, 0.717) is 41.8 Å². The third kappa shape index (κ3) is 4.18. The Bertz CT molecular complexity index is 2070. The number of nitrogens with two attached hydrogens (primary N) is 1. The van der Waals surface area contributed by atoms with Crippen LogP contribution >= 0.6 is 0 Å². The van der Waals surface area contributed by atoms with Crippen LogP contribution in [0.25, 0.3) is 44.6 Å². The molecule has 4 aliphatic rings. The van der Waals surface area contributed by atoms with Crippen molar-refractivity contribution in [3.63, 3.8) is 0 Å². The summed E-state index contributed by atoms with van der Waals surface area (Å²) >= 11 is 0.